The van der Waals surface area contributed by atoms with E-state index in [1.54, 1.807) is 29.2 Å². The second-order valence-corrected chi connectivity index (χ2v) is 8.76. The Labute approximate surface area is 196 Å². The van der Waals surface area contributed by atoms with Crippen molar-refractivity contribution in [3.05, 3.63) is 71.3 Å². The predicted molar refractivity (Wildman–Crippen MR) is 130 cm³/mol. The van der Waals surface area contributed by atoms with Gasteiger partial charge in [-0.15, -0.1) is 0 Å². The molecule has 6 nitrogen and oxygen atoms in total. The van der Waals surface area contributed by atoms with Crippen LogP contribution in [0.25, 0.3) is 5.76 Å². The van der Waals surface area contributed by atoms with E-state index in [-0.39, 0.29) is 17.3 Å². The number of Topliss-reactive ketones (excluding diaryl/α,β-unsaturated/α-hetero) is 1. The van der Waals surface area contributed by atoms with Crippen molar-refractivity contribution in [3.8, 4) is 5.75 Å². The molecule has 1 heterocycles. The van der Waals surface area contributed by atoms with Gasteiger partial charge in [0.05, 0.1) is 18.2 Å². The lowest BCUT2D eigenvalue weighted by molar-refractivity contribution is -0.140. The third-order valence-corrected chi connectivity index (χ3v) is 6.07. The molecule has 3 rings (SSSR count). The number of unbranched alkanes of at least 4 members (excludes halogenated alkanes) is 1. The van der Waals surface area contributed by atoms with Crippen molar-refractivity contribution in [1.82, 2.24) is 9.80 Å². The molecule has 1 saturated heterocycles. The summed E-state index contributed by atoms with van der Waals surface area (Å²) < 4.78 is 5.70. The van der Waals surface area contributed by atoms with Gasteiger partial charge in [-0.2, -0.15) is 0 Å². The summed E-state index contributed by atoms with van der Waals surface area (Å²) in [6.07, 6.45) is 2.02. The maximum Gasteiger partial charge on any atom is 0.295 e. The summed E-state index contributed by atoms with van der Waals surface area (Å²) in [5.41, 5.74) is 1.66. The van der Waals surface area contributed by atoms with Crippen LogP contribution in [-0.4, -0.2) is 66.4 Å². The minimum absolute atomic E-state index is 0.145. The normalized spacial score (nSPS) is 18.7. The molecule has 2 aromatic carbocycles. The lowest BCUT2D eigenvalue weighted by Crippen LogP contribution is -2.41. The molecular weight excluding hydrogens is 416 g/mol. The highest BCUT2D eigenvalue weighted by atomic mass is 16.5. The molecule has 176 valence electrons. The van der Waals surface area contributed by atoms with Gasteiger partial charge in [0.15, 0.2) is 0 Å². The lowest BCUT2D eigenvalue weighted by Gasteiger charge is -2.31. The molecule has 0 saturated carbocycles. The molecule has 0 bridgehead atoms. The fourth-order valence-corrected chi connectivity index (χ4v) is 4.12. The maximum atomic E-state index is 13.1. The Balaban J connectivity index is 1.99. The Kier molecular flexibility index (Phi) is 8.28. The number of amides is 1. The molecule has 1 N–H and O–H groups in total. The Morgan fingerprint density at radius 3 is 2.36 bits per heavy atom. The van der Waals surface area contributed by atoms with E-state index in [4.69, 9.17) is 4.74 Å². The molecule has 0 radical (unpaired) electrons. The van der Waals surface area contributed by atoms with Crippen LogP contribution in [0.5, 0.6) is 5.75 Å². The van der Waals surface area contributed by atoms with Crippen molar-refractivity contribution in [2.45, 2.75) is 38.6 Å². The maximum absolute atomic E-state index is 13.1. The monoisotopic (exact) mass is 450 g/mol. The van der Waals surface area contributed by atoms with Gasteiger partial charge in [0, 0.05) is 24.6 Å². The van der Waals surface area contributed by atoms with Crippen LogP contribution in [0.3, 0.4) is 0 Å². The zero-order valence-electron chi connectivity index (χ0n) is 20.0. The number of hydrogen-bond acceptors (Lipinski definition) is 5. The fourth-order valence-electron chi connectivity index (χ4n) is 4.12. The first-order valence-corrected chi connectivity index (χ1v) is 11.6. The average molecular weight is 451 g/mol. The van der Waals surface area contributed by atoms with Gasteiger partial charge in [-0.1, -0.05) is 50.6 Å². The molecule has 0 aromatic heterocycles. The highest BCUT2D eigenvalue weighted by molar-refractivity contribution is 6.46. The largest absolute Gasteiger partial charge is 0.507 e. The molecule has 0 aliphatic carbocycles. The first-order valence-electron chi connectivity index (χ1n) is 11.6. The van der Waals surface area contributed by atoms with Gasteiger partial charge in [-0.3, -0.25) is 9.59 Å². The van der Waals surface area contributed by atoms with Gasteiger partial charge in [0.1, 0.15) is 11.5 Å². The Hall–Kier alpha value is -3.12. The lowest BCUT2D eigenvalue weighted by atomic mass is 9.87. The van der Waals surface area contributed by atoms with Crippen molar-refractivity contribution in [2.24, 2.45) is 0 Å². The van der Waals surface area contributed by atoms with Gasteiger partial charge in [0.2, 0.25) is 0 Å². The molecule has 2 unspecified atom stereocenters. The number of likely N-dealkylation sites (tertiary alicyclic amines) is 1. The Morgan fingerprint density at radius 1 is 1.09 bits per heavy atom. The van der Waals surface area contributed by atoms with Crippen molar-refractivity contribution in [2.75, 3.05) is 33.8 Å². The number of ketones is 1. The van der Waals surface area contributed by atoms with E-state index in [1.165, 1.54) is 0 Å². The number of rotatable bonds is 10. The highest BCUT2D eigenvalue weighted by Crippen LogP contribution is 2.37. The Bertz CT molecular complexity index is 983. The molecule has 0 spiro atoms. The van der Waals surface area contributed by atoms with Crippen LogP contribution in [0.4, 0.5) is 0 Å². The molecule has 33 heavy (non-hydrogen) atoms. The summed E-state index contributed by atoms with van der Waals surface area (Å²) in [6.45, 7) is 5.75. The van der Waals surface area contributed by atoms with Crippen LogP contribution in [0.1, 0.15) is 43.7 Å². The van der Waals surface area contributed by atoms with Gasteiger partial charge in [-0.25, -0.2) is 0 Å². The van der Waals surface area contributed by atoms with Crippen LogP contribution in [-0.2, 0) is 9.59 Å². The zero-order valence-corrected chi connectivity index (χ0v) is 20.0. The van der Waals surface area contributed by atoms with Crippen molar-refractivity contribution in [3.63, 3.8) is 0 Å². The third-order valence-electron chi connectivity index (χ3n) is 6.07. The van der Waals surface area contributed by atoms with E-state index in [9.17, 15) is 14.7 Å². The number of carbonyl (C=O) groups is 2. The van der Waals surface area contributed by atoms with Crippen LogP contribution >= 0.6 is 0 Å². The summed E-state index contributed by atoms with van der Waals surface area (Å²) in [6, 6.07) is 16.3. The van der Waals surface area contributed by atoms with Gasteiger partial charge in [0.25, 0.3) is 11.7 Å². The van der Waals surface area contributed by atoms with E-state index in [0.29, 0.717) is 31.0 Å². The zero-order chi connectivity index (χ0) is 24.0. The van der Waals surface area contributed by atoms with E-state index in [1.807, 2.05) is 56.3 Å². The molecule has 6 heteroatoms. The molecule has 2 atom stereocenters. The van der Waals surface area contributed by atoms with E-state index >= 15 is 0 Å². The van der Waals surface area contributed by atoms with E-state index in [2.05, 4.69) is 6.92 Å². The smallest absolute Gasteiger partial charge is 0.295 e. The number of likely N-dealkylation sites (N-methyl/N-ethyl adjacent to an activating group) is 1. The van der Waals surface area contributed by atoms with E-state index in [0.717, 1.165) is 18.4 Å². The first-order chi connectivity index (χ1) is 15.8. The number of nitrogens with zero attached hydrogens (tertiary/aromatic N) is 2. The van der Waals surface area contributed by atoms with Crippen LogP contribution in [0, 0.1) is 0 Å². The van der Waals surface area contributed by atoms with Gasteiger partial charge in [-0.05, 0) is 50.3 Å². The molecule has 2 aromatic rings. The number of aliphatic hydroxyl groups is 1. The molecule has 1 aliphatic heterocycles. The second-order valence-electron chi connectivity index (χ2n) is 8.76. The minimum Gasteiger partial charge on any atom is -0.507 e. The molecular formula is C27H34N2O4. The predicted octanol–water partition coefficient (Wildman–Crippen LogP) is 4.28. The third kappa shape index (κ3) is 5.63. The molecule has 1 amide bonds. The van der Waals surface area contributed by atoms with Crippen LogP contribution in [0.2, 0.25) is 0 Å². The minimum atomic E-state index is -0.637. The number of benzene rings is 2. The van der Waals surface area contributed by atoms with Crippen LogP contribution < -0.4 is 4.74 Å². The standard InChI is InChI=1S/C27H34N2O4/c1-5-6-18-33-22-14-12-21(13-15-22)25(30)23-24(19(2)20-10-8-7-9-11-20)29(17-16-28(3)4)27(32)26(23)31/h7-15,19,24,30H,5-6,16-18H2,1-4H3/b25-23+. The average Bonchev–Trinajstić information content (AvgIpc) is 3.07. The number of ether oxygens (including phenoxy) is 1. The number of hydrogen-bond donors (Lipinski definition) is 1. The SMILES string of the molecule is CCCCOc1ccc(/C(O)=C2\C(=O)C(=O)N(CCN(C)C)C2C(C)c2ccccc2)cc1. The first kappa shape index (κ1) is 24.5. The summed E-state index contributed by atoms with van der Waals surface area (Å²) in [5, 5.41) is 11.2. The van der Waals surface area contributed by atoms with Gasteiger partial charge < -0.3 is 19.6 Å². The Morgan fingerprint density at radius 2 is 1.76 bits per heavy atom. The summed E-state index contributed by atoms with van der Waals surface area (Å²) >= 11 is 0. The topological polar surface area (TPSA) is 70.1 Å². The molecule has 1 fully saturated rings. The van der Waals surface area contributed by atoms with Crippen molar-refractivity contribution < 1.29 is 19.4 Å². The fraction of sp³-hybridized carbons (Fsp3) is 0.407. The van der Waals surface area contributed by atoms with Crippen molar-refractivity contribution >= 4 is 17.4 Å². The summed E-state index contributed by atoms with van der Waals surface area (Å²) in [4.78, 5) is 29.7. The van der Waals surface area contributed by atoms with Crippen molar-refractivity contribution in [1.29, 1.82) is 0 Å². The summed E-state index contributed by atoms with van der Waals surface area (Å²) in [7, 11) is 3.85. The number of carbonyl (C=O) groups excluding carboxylic acids is 2. The highest BCUT2D eigenvalue weighted by Gasteiger charge is 2.47. The quantitative estimate of drug-likeness (QED) is 0.253. The second kappa shape index (κ2) is 11.1. The van der Waals surface area contributed by atoms with E-state index < -0.39 is 17.7 Å². The number of aliphatic hydroxyl groups excluding tert-OH is 1. The molecule has 1 aliphatic rings. The van der Waals surface area contributed by atoms with Crippen LogP contribution in [0.15, 0.2) is 60.2 Å². The van der Waals surface area contributed by atoms with Gasteiger partial charge >= 0.3 is 0 Å². The summed E-state index contributed by atoms with van der Waals surface area (Å²) in [5.74, 6) is -0.806.